The quantitative estimate of drug-likeness (QED) is 0.771. The molecule has 1 rings (SSSR count). The molecule has 0 saturated heterocycles. The fraction of sp³-hybridized carbons (Fsp3) is 0.667. The molecule has 1 aromatic rings. The third kappa shape index (κ3) is 2.76. The molecule has 6 nitrogen and oxygen atoms in total. The number of ether oxygens (including phenoxy) is 1. The highest BCUT2D eigenvalue weighted by Gasteiger charge is 2.27. The van der Waals surface area contributed by atoms with Crippen molar-refractivity contribution in [2.24, 2.45) is 0 Å². The van der Waals surface area contributed by atoms with E-state index in [4.69, 9.17) is 4.74 Å². The summed E-state index contributed by atoms with van der Waals surface area (Å²) in [6, 6.07) is 0. The van der Waals surface area contributed by atoms with Crippen molar-refractivity contribution in [3.63, 3.8) is 0 Å². The van der Waals surface area contributed by atoms with Gasteiger partial charge in [-0.25, -0.2) is 0 Å². The van der Waals surface area contributed by atoms with E-state index in [1.807, 2.05) is 6.92 Å². The van der Waals surface area contributed by atoms with Crippen LogP contribution >= 0.6 is 0 Å². The number of nitrogens with zero attached hydrogens (tertiary/aromatic N) is 2. The number of aromatic amines is 1. The molecule has 0 aliphatic heterocycles. The van der Waals surface area contributed by atoms with Crippen LogP contribution in [0.25, 0.3) is 0 Å². The SMILES string of the molecule is CCc1nc(NC(=O)C(C)(C)OC)n[nH]1. The van der Waals surface area contributed by atoms with E-state index in [0.717, 1.165) is 12.2 Å². The number of hydrogen-bond donors (Lipinski definition) is 2. The molecule has 0 fully saturated rings. The number of hydrogen-bond acceptors (Lipinski definition) is 4. The largest absolute Gasteiger partial charge is 0.369 e. The maximum Gasteiger partial charge on any atom is 0.258 e. The lowest BCUT2D eigenvalue weighted by molar-refractivity contribution is -0.133. The standard InChI is InChI=1S/C9H16N4O2/c1-5-6-10-8(13-12-6)11-7(14)9(2,3)15-4/h5H2,1-4H3,(H2,10,11,12,13,14). The number of carbonyl (C=O) groups excluding carboxylic acids is 1. The molecule has 2 N–H and O–H groups in total. The summed E-state index contributed by atoms with van der Waals surface area (Å²) >= 11 is 0. The zero-order chi connectivity index (χ0) is 11.5. The van der Waals surface area contributed by atoms with Gasteiger partial charge in [0.15, 0.2) is 0 Å². The van der Waals surface area contributed by atoms with Gasteiger partial charge >= 0.3 is 0 Å². The number of aromatic nitrogens is 3. The van der Waals surface area contributed by atoms with E-state index < -0.39 is 5.60 Å². The molecular formula is C9H16N4O2. The predicted molar refractivity (Wildman–Crippen MR) is 55.5 cm³/mol. The monoisotopic (exact) mass is 212 g/mol. The molecule has 6 heteroatoms. The van der Waals surface area contributed by atoms with E-state index in [9.17, 15) is 4.79 Å². The summed E-state index contributed by atoms with van der Waals surface area (Å²) in [7, 11) is 1.48. The molecule has 0 bridgehead atoms. The van der Waals surface area contributed by atoms with Gasteiger partial charge in [-0.3, -0.25) is 15.2 Å². The Morgan fingerprint density at radius 3 is 2.73 bits per heavy atom. The molecule has 1 heterocycles. The molecule has 1 aromatic heterocycles. The van der Waals surface area contributed by atoms with Crippen molar-refractivity contribution in [2.75, 3.05) is 12.4 Å². The maximum atomic E-state index is 11.6. The Morgan fingerprint density at radius 1 is 1.60 bits per heavy atom. The summed E-state index contributed by atoms with van der Waals surface area (Å²) in [4.78, 5) is 15.7. The number of carbonyl (C=O) groups is 1. The van der Waals surface area contributed by atoms with Crippen molar-refractivity contribution in [3.05, 3.63) is 5.82 Å². The fourth-order valence-electron chi connectivity index (χ4n) is 0.854. The number of methoxy groups -OCH3 is 1. The zero-order valence-corrected chi connectivity index (χ0v) is 9.42. The van der Waals surface area contributed by atoms with Crippen LogP contribution < -0.4 is 5.32 Å². The minimum absolute atomic E-state index is 0.272. The van der Waals surface area contributed by atoms with Crippen molar-refractivity contribution in [1.29, 1.82) is 0 Å². The highest BCUT2D eigenvalue weighted by molar-refractivity contribution is 5.95. The van der Waals surface area contributed by atoms with Gasteiger partial charge < -0.3 is 4.74 Å². The molecule has 0 unspecified atom stereocenters. The lowest BCUT2D eigenvalue weighted by Gasteiger charge is -2.20. The molecule has 15 heavy (non-hydrogen) atoms. The molecule has 0 aliphatic carbocycles. The lowest BCUT2D eigenvalue weighted by Crippen LogP contribution is -2.39. The average Bonchev–Trinajstić information content (AvgIpc) is 2.65. The number of H-pyrrole nitrogens is 1. The van der Waals surface area contributed by atoms with Crippen LogP contribution in [0.4, 0.5) is 5.95 Å². The van der Waals surface area contributed by atoms with Gasteiger partial charge in [0.05, 0.1) is 0 Å². The number of rotatable bonds is 4. The minimum atomic E-state index is -0.882. The Balaban J connectivity index is 2.66. The third-order valence-corrected chi connectivity index (χ3v) is 2.15. The van der Waals surface area contributed by atoms with E-state index in [0.29, 0.717) is 0 Å². The summed E-state index contributed by atoms with van der Waals surface area (Å²) in [5.74, 6) is 0.745. The first-order valence-electron chi connectivity index (χ1n) is 4.77. The Labute approximate surface area is 88.4 Å². The molecule has 1 amide bonds. The molecule has 0 saturated carbocycles. The molecule has 0 atom stereocenters. The predicted octanol–water partition coefficient (Wildman–Crippen LogP) is 0.731. The Bertz CT molecular complexity index is 346. The van der Waals surface area contributed by atoms with Gasteiger partial charge in [0, 0.05) is 13.5 Å². The van der Waals surface area contributed by atoms with Crippen molar-refractivity contribution in [2.45, 2.75) is 32.8 Å². The van der Waals surface area contributed by atoms with Gasteiger partial charge in [-0.05, 0) is 13.8 Å². The van der Waals surface area contributed by atoms with E-state index >= 15 is 0 Å². The number of aryl methyl sites for hydroxylation is 1. The first-order chi connectivity index (χ1) is 6.99. The lowest BCUT2D eigenvalue weighted by atomic mass is 10.1. The van der Waals surface area contributed by atoms with E-state index in [1.165, 1.54) is 7.11 Å². The van der Waals surface area contributed by atoms with Crippen LogP contribution in [0.3, 0.4) is 0 Å². The number of amides is 1. The van der Waals surface area contributed by atoms with Crippen LogP contribution in [0.1, 0.15) is 26.6 Å². The normalized spacial score (nSPS) is 11.5. The summed E-state index contributed by atoms with van der Waals surface area (Å²) in [5, 5.41) is 9.14. The topological polar surface area (TPSA) is 79.9 Å². The minimum Gasteiger partial charge on any atom is -0.369 e. The Kier molecular flexibility index (Phi) is 3.41. The Morgan fingerprint density at radius 2 is 2.27 bits per heavy atom. The van der Waals surface area contributed by atoms with Gasteiger partial charge in [-0.15, -0.1) is 5.10 Å². The van der Waals surface area contributed by atoms with Crippen molar-refractivity contribution < 1.29 is 9.53 Å². The second-order valence-electron chi connectivity index (χ2n) is 3.63. The van der Waals surface area contributed by atoms with Crippen LogP contribution in [0.2, 0.25) is 0 Å². The second kappa shape index (κ2) is 4.39. The summed E-state index contributed by atoms with van der Waals surface area (Å²) in [5.41, 5.74) is -0.882. The highest BCUT2D eigenvalue weighted by Crippen LogP contribution is 2.10. The van der Waals surface area contributed by atoms with Crippen LogP contribution in [0.5, 0.6) is 0 Å². The van der Waals surface area contributed by atoms with Crippen LogP contribution in [0, 0.1) is 0 Å². The molecular weight excluding hydrogens is 196 g/mol. The smallest absolute Gasteiger partial charge is 0.258 e. The maximum absolute atomic E-state index is 11.6. The highest BCUT2D eigenvalue weighted by atomic mass is 16.5. The average molecular weight is 212 g/mol. The van der Waals surface area contributed by atoms with Crippen molar-refractivity contribution >= 4 is 11.9 Å². The second-order valence-corrected chi connectivity index (χ2v) is 3.63. The zero-order valence-electron chi connectivity index (χ0n) is 9.42. The molecule has 0 aliphatic rings. The van der Waals surface area contributed by atoms with Gasteiger partial charge in [-0.2, -0.15) is 4.98 Å². The number of nitrogens with one attached hydrogen (secondary N) is 2. The van der Waals surface area contributed by atoms with Gasteiger partial charge in [0.25, 0.3) is 5.91 Å². The van der Waals surface area contributed by atoms with Gasteiger partial charge in [0.2, 0.25) is 5.95 Å². The summed E-state index contributed by atoms with van der Waals surface area (Å²) < 4.78 is 5.03. The number of anilines is 1. The summed E-state index contributed by atoms with van der Waals surface area (Å²) in [6.45, 7) is 5.30. The summed E-state index contributed by atoms with van der Waals surface area (Å²) in [6.07, 6.45) is 0.747. The van der Waals surface area contributed by atoms with Gasteiger partial charge in [0.1, 0.15) is 11.4 Å². The first kappa shape index (κ1) is 11.6. The van der Waals surface area contributed by atoms with E-state index in [-0.39, 0.29) is 11.9 Å². The van der Waals surface area contributed by atoms with E-state index in [2.05, 4.69) is 20.5 Å². The Hall–Kier alpha value is -1.43. The molecule has 84 valence electrons. The van der Waals surface area contributed by atoms with Crippen LogP contribution in [-0.4, -0.2) is 33.8 Å². The molecule has 0 spiro atoms. The third-order valence-electron chi connectivity index (χ3n) is 2.15. The van der Waals surface area contributed by atoms with E-state index in [1.54, 1.807) is 13.8 Å². The fourth-order valence-corrected chi connectivity index (χ4v) is 0.854. The van der Waals surface area contributed by atoms with Crippen LogP contribution in [0.15, 0.2) is 0 Å². The van der Waals surface area contributed by atoms with Gasteiger partial charge in [-0.1, -0.05) is 6.92 Å². The van der Waals surface area contributed by atoms with Crippen LogP contribution in [-0.2, 0) is 16.0 Å². The first-order valence-corrected chi connectivity index (χ1v) is 4.77. The molecule has 0 aromatic carbocycles. The van der Waals surface area contributed by atoms with Crippen molar-refractivity contribution in [1.82, 2.24) is 15.2 Å². The molecule has 0 radical (unpaired) electrons. The van der Waals surface area contributed by atoms with Crippen molar-refractivity contribution in [3.8, 4) is 0 Å².